The Kier molecular flexibility index (Phi) is 7.79. The first-order valence-electron chi connectivity index (χ1n) is 9.45. The van der Waals surface area contributed by atoms with E-state index in [1.54, 1.807) is 24.4 Å². The fourth-order valence-corrected chi connectivity index (χ4v) is 4.73. The van der Waals surface area contributed by atoms with E-state index >= 15 is 0 Å². The Morgan fingerprint density at radius 1 is 1.18 bits per heavy atom. The molecule has 0 bridgehead atoms. The third kappa shape index (κ3) is 5.38. The van der Waals surface area contributed by atoms with Gasteiger partial charge >= 0.3 is 170 Å². The average Bonchev–Trinajstić information content (AvgIpc) is 3.33. The predicted molar refractivity (Wildman–Crippen MR) is 119 cm³/mol. The number of halogens is 2. The first kappa shape index (κ1) is 24.4. The second-order valence-electron chi connectivity index (χ2n) is 6.75. The standard InChI is InChI=1S/C21H14F2N5O2.CH3.H2O.Po/c22-14-7-8-15(17(23)11-14)18(13-5-2-1-3-6-13)26-19(29)16-12-24-21(27-20(16)30)28-10-4-9-25-28;;;/h2-12,18H,(H,26,29)(H,24,27,30);1H3;1H2;/t18-;;;/m0.../s1. The quantitative estimate of drug-likeness (QED) is 0.327. The third-order valence-corrected chi connectivity index (χ3v) is 7.64. The third-order valence-electron chi connectivity index (χ3n) is 4.75. The van der Waals surface area contributed by atoms with E-state index < -0.39 is 52.7 Å². The molecule has 170 valence electrons. The summed E-state index contributed by atoms with van der Waals surface area (Å²) in [7, 11) is 0. The zero-order valence-corrected chi connectivity index (χ0v) is 20.4. The first-order valence-corrected chi connectivity index (χ1v) is 14.2. The normalized spacial score (nSPS) is 11.5. The van der Waals surface area contributed by atoms with E-state index in [-0.39, 0.29) is 22.6 Å². The number of nitrogens with zero attached hydrogens (tertiary/aromatic N) is 3. The molecule has 4 aromatic rings. The Bertz CT molecular complexity index is 1310. The second kappa shape index (κ2) is 10.6. The number of nitrogens with one attached hydrogen (secondary N) is 2. The van der Waals surface area contributed by atoms with Crippen molar-refractivity contribution < 1.29 is 19.1 Å². The molecule has 0 saturated carbocycles. The number of hydrogen-bond donors (Lipinski definition) is 2. The molecule has 0 saturated heterocycles. The van der Waals surface area contributed by atoms with Crippen molar-refractivity contribution in [3.63, 3.8) is 0 Å². The molecule has 0 spiro atoms. The van der Waals surface area contributed by atoms with Gasteiger partial charge in [-0.1, -0.05) is 0 Å². The first-order chi connectivity index (χ1) is 15.5. The van der Waals surface area contributed by atoms with Crippen LogP contribution in [0.2, 0.25) is 4.58 Å². The number of aromatic nitrogens is 4. The van der Waals surface area contributed by atoms with Crippen LogP contribution < -0.4 is 14.1 Å². The van der Waals surface area contributed by atoms with Crippen molar-refractivity contribution in [3.8, 4) is 5.95 Å². The summed E-state index contributed by atoms with van der Waals surface area (Å²) in [5.74, 6) is -2.11. The van der Waals surface area contributed by atoms with Crippen LogP contribution in [0.25, 0.3) is 5.95 Å². The van der Waals surface area contributed by atoms with E-state index in [4.69, 9.17) is 0 Å². The molecule has 0 aliphatic heterocycles. The zero-order chi connectivity index (χ0) is 22.7. The van der Waals surface area contributed by atoms with Gasteiger partial charge in [0, 0.05) is 12.4 Å². The van der Waals surface area contributed by atoms with Crippen LogP contribution in [0, 0.1) is 11.6 Å². The Balaban J connectivity index is 0.00000306. The van der Waals surface area contributed by atoms with Gasteiger partial charge in [-0.25, -0.2) is 0 Å². The molecular weight excluding hydrogens is 629 g/mol. The molecule has 33 heavy (non-hydrogen) atoms. The van der Waals surface area contributed by atoms with Crippen molar-refractivity contribution in [2.75, 3.05) is 0 Å². The van der Waals surface area contributed by atoms with Gasteiger partial charge in [0.1, 0.15) is 0 Å². The van der Waals surface area contributed by atoms with Gasteiger partial charge in [0.2, 0.25) is 0 Å². The van der Waals surface area contributed by atoms with Gasteiger partial charge < -0.3 is 5.48 Å². The second-order valence-corrected chi connectivity index (χ2v) is 10.2. The van der Waals surface area contributed by atoms with E-state index in [0.717, 1.165) is 18.3 Å². The summed E-state index contributed by atoms with van der Waals surface area (Å²) in [5.41, 5.74) is -0.221. The molecule has 1 amide bonds. The van der Waals surface area contributed by atoms with Gasteiger partial charge in [-0.3, -0.25) is 0 Å². The van der Waals surface area contributed by atoms with Crippen molar-refractivity contribution in [1.29, 1.82) is 0 Å². The maximum atomic E-state index is 14.6. The van der Waals surface area contributed by atoms with Crippen LogP contribution in [-0.2, 0) is 0 Å². The topological polar surface area (TPSA) is 124 Å². The van der Waals surface area contributed by atoms with Gasteiger partial charge in [-0.15, -0.1) is 0 Å². The molecule has 2 heterocycles. The number of amides is 1. The van der Waals surface area contributed by atoms with Crippen molar-refractivity contribution in [3.05, 3.63) is 106 Å². The monoisotopic (exact) mass is 648 g/mol. The van der Waals surface area contributed by atoms with Crippen molar-refractivity contribution in [2.45, 2.75) is 10.6 Å². The van der Waals surface area contributed by atoms with Crippen LogP contribution >= 0.6 is 0 Å². The molecule has 4 rings (SSSR count). The average molecular weight is 648 g/mol. The van der Waals surface area contributed by atoms with Gasteiger partial charge in [-0.05, 0) is 6.07 Å². The number of benzene rings is 2. The Labute approximate surface area is 198 Å². The Morgan fingerprint density at radius 2 is 1.94 bits per heavy atom. The van der Waals surface area contributed by atoms with Crippen LogP contribution in [0.15, 0.2) is 71.9 Å². The minimum absolute atomic E-state index is 0. The zero-order valence-electron chi connectivity index (χ0n) is 17.3. The molecular formula is C22H19F2N5O3Po. The summed E-state index contributed by atoms with van der Waals surface area (Å²) in [6.45, 7) is 0. The Hall–Kier alpha value is -3.28. The molecule has 1 atom stereocenters. The van der Waals surface area contributed by atoms with E-state index in [2.05, 4.69) is 25.0 Å². The van der Waals surface area contributed by atoms with Gasteiger partial charge in [0.15, 0.2) is 0 Å². The minimum atomic E-state index is -0.927. The summed E-state index contributed by atoms with van der Waals surface area (Å²) < 4.78 is 32.8. The SMILES string of the molecule is O.[CH3][Po][c]1ccc([C@H](NC(=O)c2cnc(-n3cccn3)[nH]c2=O)c2ccc(F)cc2F)cc1. The van der Waals surface area contributed by atoms with Gasteiger partial charge in [-0.2, -0.15) is 5.10 Å². The van der Waals surface area contributed by atoms with E-state index in [1.165, 1.54) is 20.2 Å². The number of H-pyrrole nitrogens is 1. The number of aromatic amines is 1. The van der Waals surface area contributed by atoms with Crippen molar-refractivity contribution in [2.24, 2.45) is 0 Å². The van der Waals surface area contributed by atoms with Crippen molar-refractivity contribution in [1.82, 2.24) is 25.1 Å². The summed E-state index contributed by atoms with van der Waals surface area (Å²) in [5, 5.41) is 6.66. The molecule has 0 aliphatic rings. The summed E-state index contributed by atoms with van der Waals surface area (Å²) in [4.78, 5) is 32.0. The van der Waals surface area contributed by atoms with Crippen LogP contribution in [0.4, 0.5) is 8.78 Å². The summed E-state index contributed by atoms with van der Waals surface area (Å²) >= 11 is -0.628. The molecule has 8 nitrogen and oxygen atoms in total. The molecule has 11 heteroatoms. The molecule has 2 aromatic carbocycles. The fraction of sp³-hybridized carbons (Fsp3) is 0.0909. The number of carbonyl (C=O) groups is 1. The van der Waals surface area contributed by atoms with E-state index in [9.17, 15) is 18.4 Å². The molecule has 0 radical (unpaired) electrons. The van der Waals surface area contributed by atoms with Crippen LogP contribution in [-0.4, -0.2) is 54.7 Å². The molecule has 4 N–H and O–H groups in total. The van der Waals surface area contributed by atoms with Gasteiger partial charge in [0.25, 0.3) is 0 Å². The number of hydrogen-bond acceptors (Lipinski definition) is 4. The van der Waals surface area contributed by atoms with Crippen molar-refractivity contribution >= 4 is 32.7 Å². The summed E-state index contributed by atoms with van der Waals surface area (Å²) in [6.07, 6.45) is 4.25. The molecule has 2 aromatic heterocycles. The van der Waals surface area contributed by atoms with Crippen LogP contribution in [0.3, 0.4) is 0 Å². The van der Waals surface area contributed by atoms with E-state index in [0.29, 0.717) is 5.56 Å². The Morgan fingerprint density at radius 3 is 2.55 bits per heavy atom. The molecule has 0 unspecified atom stereocenters. The van der Waals surface area contributed by atoms with Gasteiger partial charge in [0.05, 0.1) is 0 Å². The predicted octanol–water partition coefficient (Wildman–Crippen LogP) is 1.31. The molecule has 0 fully saturated rings. The number of carbonyl (C=O) groups excluding carboxylic acids is 1. The fourth-order valence-electron chi connectivity index (χ4n) is 3.14. The van der Waals surface area contributed by atoms with E-state index in [1.807, 2.05) is 12.1 Å². The van der Waals surface area contributed by atoms with Crippen LogP contribution in [0.5, 0.6) is 0 Å². The maximum absolute atomic E-state index is 14.6. The number of rotatable bonds is 6. The molecule has 0 aliphatic carbocycles. The van der Waals surface area contributed by atoms with Crippen LogP contribution in [0.1, 0.15) is 27.5 Å². The summed E-state index contributed by atoms with van der Waals surface area (Å²) in [6, 6.07) is 11.4.